The lowest BCUT2D eigenvalue weighted by Gasteiger charge is -2.59. The second-order valence-corrected chi connectivity index (χ2v) is 22.4. The fraction of sp³-hybridized carbons (Fsp3) is 0.956. The van der Waals surface area contributed by atoms with Gasteiger partial charge in [0.15, 0.2) is 18.9 Å². The zero-order valence-corrected chi connectivity index (χ0v) is 37.3. The molecule has 8 fully saturated rings. The van der Waals surface area contributed by atoms with E-state index in [1.807, 2.05) is 0 Å². The zero-order chi connectivity index (χ0) is 43.5. The highest BCUT2D eigenvalue weighted by Gasteiger charge is 2.68. The first kappa shape index (κ1) is 45.6. The molecule has 8 N–H and O–H groups in total. The van der Waals surface area contributed by atoms with E-state index in [9.17, 15) is 40.9 Å². The van der Waals surface area contributed by atoms with Gasteiger partial charge in [0.05, 0.1) is 31.0 Å². The number of ether oxygens (including phenoxy) is 7. The van der Waals surface area contributed by atoms with Gasteiger partial charge in [-0.25, -0.2) is 0 Å². The maximum Gasteiger partial charge on any atom is 0.187 e. The Morgan fingerprint density at radius 2 is 1.36 bits per heavy atom. The van der Waals surface area contributed by atoms with Crippen LogP contribution in [0.25, 0.3) is 0 Å². The van der Waals surface area contributed by atoms with Gasteiger partial charge in [-0.2, -0.15) is 0 Å². The molecule has 4 aliphatic carbocycles. The third-order valence-corrected chi connectivity index (χ3v) is 19.5. The van der Waals surface area contributed by atoms with Crippen molar-refractivity contribution >= 4 is 11.8 Å². The van der Waals surface area contributed by atoms with Crippen LogP contribution in [0, 0.1) is 46.3 Å². The molecule has 26 atom stereocenters. The summed E-state index contributed by atoms with van der Waals surface area (Å²) in [6.45, 7) is 12.3. The van der Waals surface area contributed by atoms with Crippen LogP contribution in [0.5, 0.6) is 0 Å². The Balaban J connectivity index is 0.916. The molecule has 61 heavy (non-hydrogen) atoms. The third-order valence-electron chi connectivity index (χ3n) is 17.6. The molecule has 16 heteroatoms. The summed E-state index contributed by atoms with van der Waals surface area (Å²) >= 11 is 2.09. The molecule has 0 bridgehead atoms. The van der Waals surface area contributed by atoms with Crippen molar-refractivity contribution in [3.8, 4) is 0 Å². The molecule has 1 spiro atoms. The van der Waals surface area contributed by atoms with Crippen LogP contribution < -0.4 is 0 Å². The lowest BCUT2D eigenvalue weighted by Crippen LogP contribution is -2.66. The van der Waals surface area contributed by atoms with Crippen LogP contribution in [0.1, 0.15) is 99.3 Å². The minimum atomic E-state index is -1.70. The first-order valence-electron chi connectivity index (χ1n) is 23.2. The van der Waals surface area contributed by atoms with Crippen molar-refractivity contribution in [1.29, 1.82) is 0 Å². The Bertz CT molecular complexity index is 1600. The number of hydrogen-bond donors (Lipinski definition) is 8. The largest absolute Gasteiger partial charge is 0.394 e. The molecule has 0 amide bonds. The van der Waals surface area contributed by atoms with Crippen LogP contribution in [-0.2, 0) is 33.2 Å². The summed E-state index contributed by atoms with van der Waals surface area (Å²) in [4.78, 5) is -0.0194. The fourth-order valence-electron chi connectivity index (χ4n) is 14.0. The molecule has 0 radical (unpaired) electrons. The van der Waals surface area contributed by atoms with E-state index in [1.165, 1.54) is 50.9 Å². The summed E-state index contributed by atoms with van der Waals surface area (Å²) in [6.07, 6.45) is -9.64. The second-order valence-electron chi connectivity index (χ2n) is 21.1. The average molecular weight is 885 g/mol. The van der Waals surface area contributed by atoms with E-state index in [4.69, 9.17) is 33.2 Å². The van der Waals surface area contributed by atoms with Crippen molar-refractivity contribution in [2.45, 2.75) is 209 Å². The Morgan fingerprint density at radius 3 is 1.98 bits per heavy atom. The smallest absolute Gasteiger partial charge is 0.187 e. The minimum Gasteiger partial charge on any atom is -0.394 e. The van der Waals surface area contributed by atoms with Crippen molar-refractivity contribution in [2.24, 2.45) is 46.3 Å². The van der Waals surface area contributed by atoms with Crippen molar-refractivity contribution in [2.75, 3.05) is 12.4 Å². The molecule has 348 valence electrons. The number of rotatable bonds is 7. The molecule has 0 aromatic rings. The summed E-state index contributed by atoms with van der Waals surface area (Å²) in [6, 6.07) is 0. The van der Waals surface area contributed by atoms with Gasteiger partial charge < -0.3 is 74.0 Å². The van der Waals surface area contributed by atoms with Crippen molar-refractivity contribution < 1.29 is 74.0 Å². The average Bonchev–Trinajstić information content (AvgIpc) is 3.69. The van der Waals surface area contributed by atoms with E-state index >= 15 is 0 Å². The number of thioether (sulfide) groups is 1. The molecular weight excluding hydrogens is 813 g/mol. The third kappa shape index (κ3) is 7.54. The van der Waals surface area contributed by atoms with Gasteiger partial charge in [-0.05, 0) is 118 Å². The monoisotopic (exact) mass is 884 g/mol. The fourth-order valence-corrected chi connectivity index (χ4v) is 15.6. The Labute approximate surface area is 363 Å². The number of fused-ring (bicyclic) bond motifs is 7. The maximum atomic E-state index is 12.0. The number of aliphatic hydroxyl groups excluding tert-OH is 8. The second kappa shape index (κ2) is 17.0. The summed E-state index contributed by atoms with van der Waals surface area (Å²) in [5, 5.41) is 85.9. The van der Waals surface area contributed by atoms with E-state index in [0.717, 1.165) is 25.2 Å². The Morgan fingerprint density at radius 1 is 0.705 bits per heavy atom. The Hall–Kier alpha value is -0.510. The SMILES string of the molecule is CC1CC[C@]2(OC3C[C@H]4[C@@H]5CC=C6C[C@@H](O[C@@H]7O[C@H](CO)[C@@H](O[C@@H]8O[C@@H](C)[C@H](O)[C@@H](O)[C@H]8O)[C@H](O)[C@H]7O[C@@H]7O[C@@H](C)[C@H](O)[C@@H](O)[C@H]7O)CC[C@]6(C)[C@H]5CC[C@]4(C)[C@H]3[C@@H]2C)SC1. The highest BCUT2D eigenvalue weighted by atomic mass is 32.2. The van der Waals surface area contributed by atoms with Gasteiger partial charge in [-0.1, -0.05) is 39.3 Å². The predicted molar refractivity (Wildman–Crippen MR) is 219 cm³/mol. The van der Waals surface area contributed by atoms with Gasteiger partial charge >= 0.3 is 0 Å². The van der Waals surface area contributed by atoms with Crippen LogP contribution in [-0.4, -0.2) is 162 Å². The predicted octanol–water partition coefficient (Wildman–Crippen LogP) is 1.96. The highest BCUT2D eigenvalue weighted by Crippen LogP contribution is 2.71. The minimum absolute atomic E-state index is 0.00351. The molecule has 5 saturated heterocycles. The molecule has 2 unspecified atom stereocenters. The topological polar surface area (TPSA) is 226 Å². The van der Waals surface area contributed by atoms with E-state index in [1.54, 1.807) is 0 Å². The van der Waals surface area contributed by atoms with Crippen molar-refractivity contribution in [3.63, 3.8) is 0 Å². The van der Waals surface area contributed by atoms with Crippen LogP contribution in [0.2, 0.25) is 0 Å². The normalized spacial score (nSPS) is 58.4. The number of hydrogen-bond acceptors (Lipinski definition) is 16. The molecule has 0 aromatic heterocycles. The zero-order valence-electron chi connectivity index (χ0n) is 36.5. The number of aliphatic hydroxyl groups is 8. The lowest BCUT2D eigenvalue weighted by molar-refractivity contribution is -0.388. The van der Waals surface area contributed by atoms with Gasteiger partial charge in [0.1, 0.15) is 66.0 Å². The van der Waals surface area contributed by atoms with E-state index < -0.39 is 98.7 Å². The van der Waals surface area contributed by atoms with Gasteiger partial charge in [-0.3, -0.25) is 0 Å². The molecule has 5 heterocycles. The van der Waals surface area contributed by atoms with Crippen LogP contribution in [0.3, 0.4) is 0 Å². The first-order valence-corrected chi connectivity index (χ1v) is 24.2. The van der Waals surface area contributed by atoms with Gasteiger partial charge in [0.2, 0.25) is 0 Å². The molecule has 5 aliphatic heterocycles. The van der Waals surface area contributed by atoms with Crippen LogP contribution >= 0.6 is 11.8 Å². The van der Waals surface area contributed by atoms with Crippen LogP contribution in [0.4, 0.5) is 0 Å². The molecule has 9 aliphatic rings. The van der Waals surface area contributed by atoms with Crippen molar-refractivity contribution in [1.82, 2.24) is 0 Å². The van der Waals surface area contributed by atoms with Crippen molar-refractivity contribution in [3.05, 3.63) is 11.6 Å². The highest BCUT2D eigenvalue weighted by molar-refractivity contribution is 8.00. The van der Waals surface area contributed by atoms with E-state index in [0.29, 0.717) is 48.5 Å². The standard InChI is InChI=1S/C45H72O15S/c1-19-9-14-45(61-18-19)20(2)30-28(60-45)16-27-25-8-7-23-15-24(10-12-43(23,5)26(25)11-13-44(27,30)6)56-42-39(59-41-36(52)34(50)32(48)22(4)55-41)37(53)38(29(17-46)57-42)58-40-35(51)33(49)31(47)21(3)54-40/h7,19-22,24-42,46-53H,8-18H2,1-6H3/t19?,20-,21-,22-,24-,25+,26-,27-,28?,29+,30-,31-,32-,33+,34+,35+,36+,37-,38+,39+,40-,41-,42+,43-,44-,45-/m0/s1. The molecule has 0 aromatic carbocycles. The molecule has 15 nitrogen and oxygen atoms in total. The van der Waals surface area contributed by atoms with E-state index in [2.05, 4.69) is 45.5 Å². The maximum absolute atomic E-state index is 12.0. The quantitative estimate of drug-likeness (QED) is 0.171. The van der Waals surface area contributed by atoms with E-state index in [-0.39, 0.29) is 21.9 Å². The summed E-state index contributed by atoms with van der Waals surface area (Å²) in [7, 11) is 0. The molecule has 9 rings (SSSR count). The van der Waals surface area contributed by atoms with Gasteiger partial charge in [0, 0.05) is 5.92 Å². The van der Waals surface area contributed by atoms with Crippen LogP contribution in [0.15, 0.2) is 11.6 Å². The van der Waals surface area contributed by atoms with Gasteiger partial charge in [0.25, 0.3) is 0 Å². The lowest BCUT2D eigenvalue weighted by atomic mass is 9.47. The summed E-state index contributed by atoms with van der Waals surface area (Å²) in [5.41, 5.74) is 1.64. The van der Waals surface area contributed by atoms with Gasteiger partial charge in [-0.15, -0.1) is 11.8 Å². The molecular formula is C45H72O15S. The Kier molecular flexibility index (Phi) is 12.7. The summed E-state index contributed by atoms with van der Waals surface area (Å²) in [5.74, 6) is 4.85. The molecule has 3 saturated carbocycles. The summed E-state index contributed by atoms with van der Waals surface area (Å²) < 4.78 is 43.8. The first-order chi connectivity index (χ1) is 28.9. The number of allylic oxidation sites excluding steroid dienone is 1.